The maximum Gasteiger partial charge on any atom is 0.336 e. The third-order valence-corrected chi connectivity index (χ3v) is 11.1. The Morgan fingerprint density at radius 2 is 0.672 bits per heavy atom. The lowest BCUT2D eigenvalue weighted by molar-refractivity contribution is 0.0687. The molecular formula is C52H36N2O7. The van der Waals surface area contributed by atoms with E-state index in [4.69, 9.17) is 0 Å². The van der Waals surface area contributed by atoms with Crippen LogP contribution in [0.3, 0.4) is 0 Å². The van der Waals surface area contributed by atoms with Crippen LogP contribution in [-0.2, 0) is 13.1 Å². The first-order chi connectivity index (χ1) is 29.7. The minimum absolute atomic E-state index is 0.00956. The first kappa shape index (κ1) is 38.2. The van der Waals surface area contributed by atoms with Crippen LogP contribution in [0.2, 0.25) is 0 Å². The van der Waals surface area contributed by atoms with E-state index in [1.54, 1.807) is 42.5 Å². The molecular weight excluding hydrogens is 765 g/mol. The number of benzene rings is 9. The van der Waals surface area contributed by atoms with Gasteiger partial charge >= 0.3 is 11.9 Å². The van der Waals surface area contributed by atoms with E-state index in [1.165, 1.54) is 12.1 Å². The van der Waals surface area contributed by atoms with Crippen molar-refractivity contribution in [1.82, 2.24) is 10.6 Å². The Balaban J connectivity index is 1.02. The highest BCUT2D eigenvalue weighted by atomic mass is 16.4. The van der Waals surface area contributed by atoms with Crippen molar-refractivity contribution in [3.05, 3.63) is 197 Å². The predicted octanol–water partition coefficient (Wildman–Crippen LogP) is 10.6. The lowest BCUT2D eigenvalue weighted by atomic mass is 9.86. The zero-order valence-electron chi connectivity index (χ0n) is 32.5. The summed E-state index contributed by atoms with van der Waals surface area (Å²) in [4.78, 5) is 53.7. The first-order valence-corrected chi connectivity index (χ1v) is 19.6. The van der Waals surface area contributed by atoms with Gasteiger partial charge in [0.25, 0.3) is 11.8 Å². The maximum atomic E-state index is 14.2. The van der Waals surface area contributed by atoms with Gasteiger partial charge in [-0.2, -0.15) is 0 Å². The summed E-state index contributed by atoms with van der Waals surface area (Å²) >= 11 is 0. The Kier molecular flexibility index (Phi) is 9.90. The van der Waals surface area contributed by atoms with Crippen molar-refractivity contribution < 1.29 is 34.5 Å². The van der Waals surface area contributed by atoms with Crippen LogP contribution in [0.4, 0.5) is 0 Å². The smallest absolute Gasteiger partial charge is 0.336 e. The minimum atomic E-state index is -1.12. The van der Waals surface area contributed by atoms with Crippen molar-refractivity contribution in [1.29, 1.82) is 0 Å². The van der Waals surface area contributed by atoms with Gasteiger partial charge in [0.1, 0.15) is 5.75 Å². The van der Waals surface area contributed by atoms with Gasteiger partial charge in [-0.1, -0.05) is 127 Å². The van der Waals surface area contributed by atoms with Gasteiger partial charge in [-0.25, -0.2) is 9.59 Å². The predicted molar refractivity (Wildman–Crippen MR) is 238 cm³/mol. The molecule has 0 bridgehead atoms. The first-order valence-electron chi connectivity index (χ1n) is 19.6. The van der Waals surface area contributed by atoms with Gasteiger partial charge in [-0.3, -0.25) is 9.59 Å². The van der Waals surface area contributed by atoms with Gasteiger partial charge in [-0.05, 0) is 90.6 Å². The van der Waals surface area contributed by atoms with E-state index < -0.39 is 23.8 Å². The molecule has 0 saturated carbocycles. The third-order valence-electron chi connectivity index (χ3n) is 11.1. The second-order valence-electron chi connectivity index (χ2n) is 14.8. The molecule has 5 N–H and O–H groups in total. The summed E-state index contributed by atoms with van der Waals surface area (Å²) in [7, 11) is 0. The lowest BCUT2D eigenvalue weighted by Crippen LogP contribution is -2.25. The maximum absolute atomic E-state index is 14.2. The summed E-state index contributed by atoms with van der Waals surface area (Å²) < 4.78 is 0. The number of carboxylic acids is 2. The van der Waals surface area contributed by atoms with Crippen molar-refractivity contribution in [2.24, 2.45) is 0 Å². The molecule has 9 nitrogen and oxygen atoms in total. The van der Waals surface area contributed by atoms with Crippen molar-refractivity contribution in [3.8, 4) is 28.0 Å². The monoisotopic (exact) mass is 800 g/mol. The highest BCUT2D eigenvalue weighted by Gasteiger charge is 2.25. The number of carbonyl (C=O) groups excluding carboxylic acids is 2. The van der Waals surface area contributed by atoms with E-state index >= 15 is 0 Å². The van der Waals surface area contributed by atoms with Crippen LogP contribution < -0.4 is 10.6 Å². The van der Waals surface area contributed by atoms with E-state index in [-0.39, 0.29) is 41.1 Å². The third kappa shape index (κ3) is 7.14. The number of hydrogen-bond acceptors (Lipinski definition) is 5. The van der Waals surface area contributed by atoms with Gasteiger partial charge in [0.15, 0.2) is 0 Å². The van der Waals surface area contributed by atoms with Crippen molar-refractivity contribution in [2.45, 2.75) is 13.1 Å². The number of carboxylic acid groups (broad SMARTS) is 2. The van der Waals surface area contributed by atoms with Crippen LogP contribution in [0.25, 0.3) is 65.3 Å². The molecule has 0 atom stereocenters. The summed E-state index contributed by atoms with van der Waals surface area (Å²) in [5.74, 6) is -3.19. The van der Waals surface area contributed by atoms with Crippen molar-refractivity contribution >= 4 is 66.8 Å². The Morgan fingerprint density at radius 1 is 0.377 bits per heavy atom. The molecule has 9 heteroatoms. The normalized spacial score (nSPS) is 11.2. The van der Waals surface area contributed by atoms with E-state index in [1.807, 2.05) is 109 Å². The van der Waals surface area contributed by atoms with Gasteiger partial charge < -0.3 is 26.0 Å². The Labute approximate surface area is 349 Å². The lowest BCUT2D eigenvalue weighted by Gasteiger charge is -2.18. The fourth-order valence-corrected chi connectivity index (χ4v) is 8.40. The molecule has 0 heterocycles. The van der Waals surface area contributed by atoms with Gasteiger partial charge in [0.2, 0.25) is 0 Å². The van der Waals surface area contributed by atoms with Gasteiger partial charge in [0.05, 0.1) is 11.1 Å². The van der Waals surface area contributed by atoms with Crippen LogP contribution in [0.5, 0.6) is 5.75 Å². The summed E-state index contributed by atoms with van der Waals surface area (Å²) in [6.07, 6.45) is 0. The highest BCUT2D eigenvalue weighted by Crippen LogP contribution is 2.41. The Bertz CT molecular complexity index is 3070. The molecule has 0 spiro atoms. The molecule has 9 aromatic rings. The van der Waals surface area contributed by atoms with Crippen LogP contribution in [0.1, 0.15) is 52.6 Å². The Morgan fingerprint density at radius 3 is 1.00 bits per heavy atom. The molecule has 296 valence electrons. The van der Waals surface area contributed by atoms with E-state index in [2.05, 4.69) is 10.6 Å². The number of phenolic OH excluding ortho intramolecular Hbond substituents is 1. The molecule has 9 aromatic carbocycles. The topological polar surface area (TPSA) is 153 Å². The summed E-state index contributed by atoms with van der Waals surface area (Å²) in [6.45, 7) is 0.0191. The van der Waals surface area contributed by atoms with E-state index in [0.717, 1.165) is 32.3 Å². The molecule has 0 unspecified atom stereocenters. The zero-order chi connectivity index (χ0) is 42.2. The van der Waals surface area contributed by atoms with Crippen LogP contribution >= 0.6 is 0 Å². The molecule has 0 aliphatic heterocycles. The summed E-state index contributed by atoms with van der Waals surface area (Å²) in [5.41, 5.74) is 3.70. The van der Waals surface area contributed by atoms with Crippen LogP contribution in [-0.4, -0.2) is 39.1 Å². The number of hydrogen-bond donors (Lipinski definition) is 5. The molecule has 9 rings (SSSR count). The van der Waals surface area contributed by atoms with Gasteiger partial charge in [0, 0.05) is 46.5 Å². The molecule has 61 heavy (non-hydrogen) atoms. The average molecular weight is 801 g/mol. The van der Waals surface area contributed by atoms with Crippen LogP contribution in [0.15, 0.2) is 164 Å². The number of rotatable bonds is 10. The quantitative estimate of drug-likeness (QED) is 0.0923. The van der Waals surface area contributed by atoms with E-state index in [0.29, 0.717) is 44.2 Å². The second-order valence-corrected chi connectivity index (χ2v) is 14.8. The fraction of sp³-hybridized carbons (Fsp3) is 0.0385. The molecule has 0 aliphatic rings. The number of aromatic hydroxyl groups is 1. The number of nitrogens with one attached hydrogen (secondary N) is 2. The van der Waals surface area contributed by atoms with Crippen molar-refractivity contribution in [2.75, 3.05) is 0 Å². The molecule has 0 saturated heterocycles. The van der Waals surface area contributed by atoms with E-state index in [9.17, 15) is 34.5 Å². The average Bonchev–Trinajstić information content (AvgIpc) is 3.28. The molecule has 0 aromatic heterocycles. The van der Waals surface area contributed by atoms with Gasteiger partial charge in [-0.15, -0.1) is 0 Å². The Hall–Kier alpha value is -8.30. The minimum Gasteiger partial charge on any atom is -0.508 e. The highest BCUT2D eigenvalue weighted by molar-refractivity contribution is 6.19. The zero-order valence-corrected chi connectivity index (χ0v) is 32.5. The summed E-state index contributed by atoms with van der Waals surface area (Å²) in [5, 5.41) is 43.6. The number of aromatic carboxylic acids is 2. The number of phenols is 1. The standard InChI is InChI=1S/C52H36N2O7/c55-36-26-30(28-53-49(56)41-21-17-32-9-1-5-13-37(32)45(41)47-39-15-7-3-11-34(39)19-23-43(47)51(58)59)25-31(27-36)29-54-50(57)42-22-18-33-10-2-6-14-38(33)46(42)48-40-16-8-4-12-35(40)20-24-44(48)52(60)61/h1-27,55H,28-29H2,(H,53,56)(H,54,57)(H,58,59)(H,60,61). The molecule has 0 radical (unpaired) electrons. The SMILES string of the molecule is O=C(O)c1ccc2ccccc2c1-c1c(C(=O)NCc2cc(O)cc(CNC(=O)c3ccc4ccccc4c3-c3c(C(=O)O)ccc4ccccc34)c2)ccc2ccccc12. The number of fused-ring (bicyclic) bond motifs is 4. The molecule has 2 amide bonds. The number of carbonyl (C=O) groups is 4. The second kappa shape index (κ2) is 15.8. The summed E-state index contributed by atoms with van der Waals surface area (Å²) in [6, 6.07) is 48.5. The number of amides is 2. The fourth-order valence-electron chi connectivity index (χ4n) is 8.40. The molecule has 0 aliphatic carbocycles. The van der Waals surface area contributed by atoms with Crippen LogP contribution in [0, 0.1) is 0 Å². The molecule has 0 fully saturated rings. The van der Waals surface area contributed by atoms with Crippen molar-refractivity contribution in [3.63, 3.8) is 0 Å². The largest absolute Gasteiger partial charge is 0.508 e.